The maximum absolute atomic E-state index is 11.8. The zero-order valence-electron chi connectivity index (χ0n) is 9.68. The number of carboxylic acid groups (broad SMARTS) is 1. The van der Waals surface area contributed by atoms with Gasteiger partial charge in [-0.1, -0.05) is 0 Å². The van der Waals surface area contributed by atoms with Crippen molar-refractivity contribution in [2.45, 2.75) is 18.9 Å². The first kappa shape index (κ1) is 12.4. The number of hydrogen-bond donors (Lipinski definition) is 3. The van der Waals surface area contributed by atoms with E-state index in [1.165, 1.54) is 18.2 Å². The van der Waals surface area contributed by atoms with Gasteiger partial charge in [0.2, 0.25) is 0 Å². The number of nitrogens with two attached hydrogens (primary N) is 1. The third kappa shape index (κ3) is 2.60. The number of rotatable bonds is 3. The molecule has 0 bridgehead atoms. The summed E-state index contributed by atoms with van der Waals surface area (Å²) in [6.45, 7) is 0.561. The number of anilines is 2. The van der Waals surface area contributed by atoms with Crippen LogP contribution in [0.1, 0.15) is 23.2 Å². The second kappa shape index (κ2) is 5.05. The van der Waals surface area contributed by atoms with E-state index in [4.69, 9.17) is 15.6 Å². The molecule has 6 heteroatoms. The fraction of sp³-hybridized carbons (Fsp3) is 0.333. The van der Waals surface area contributed by atoms with E-state index in [1.54, 1.807) is 0 Å². The molecule has 1 fully saturated rings. The summed E-state index contributed by atoms with van der Waals surface area (Å²) < 4.78 is 5.23. The summed E-state index contributed by atoms with van der Waals surface area (Å²) in [6, 6.07) is 4.33. The summed E-state index contributed by atoms with van der Waals surface area (Å²) in [7, 11) is 0. The topological polar surface area (TPSA) is 102 Å². The first-order valence-corrected chi connectivity index (χ1v) is 5.63. The Morgan fingerprint density at radius 2 is 2.22 bits per heavy atom. The molecule has 0 saturated carbocycles. The quantitative estimate of drug-likeness (QED) is 0.697. The molecule has 1 saturated heterocycles. The molecule has 18 heavy (non-hydrogen) atoms. The fourth-order valence-electron chi connectivity index (χ4n) is 1.85. The summed E-state index contributed by atoms with van der Waals surface area (Å²) in [5.41, 5.74) is 6.06. The molecule has 6 nitrogen and oxygen atoms in total. The van der Waals surface area contributed by atoms with Gasteiger partial charge in [0.15, 0.2) is 0 Å². The van der Waals surface area contributed by atoms with Crippen molar-refractivity contribution in [3.8, 4) is 0 Å². The van der Waals surface area contributed by atoms with Gasteiger partial charge in [-0.3, -0.25) is 4.79 Å². The highest BCUT2D eigenvalue weighted by atomic mass is 16.5. The van der Waals surface area contributed by atoms with Crippen LogP contribution in [-0.4, -0.2) is 29.7 Å². The molecule has 0 aliphatic carbocycles. The molecule has 96 valence electrons. The minimum absolute atomic E-state index is 0.0265. The van der Waals surface area contributed by atoms with Crippen LogP contribution >= 0.6 is 0 Å². The van der Waals surface area contributed by atoms with Crippen LogP contribution in [0.4, 0.5) is 11.4 Å². The predicted octanol–water partition coefficient (Wildman–Crippen LogP) is 1.08. The van der Waals surface area contributed by atoms with Crippen LogP contribution in [0.25, 0.3) is 0 Å². The largest absolute Gasteiger partial charge is 0.478 e. The second-order valence-corrected chi connectivity index (χ2v) is 4.10. The van der Waals surface area contributed by atoms with Gasteiger partial charge < -0.3 is 20.9 Å². The third-order valence-electron chi connectivity index (χ3n) is 2.75. The fourth-order valence-corrected chi connectivity index (χ4v) is 1.85. The summed E-state index contributed by atoms with van der Waals surface area (Å²) in [4.78, 5) is 22.9. The van der Waals surface area contributed by atoms with E-state index in [0.717, 1.165) is 6.42 Å². The number of hydrogen-bond acceptors (Lipinski definition) is 4. The smallest absolute Gasteiger partial charge is 0.337 e. The molecule has 1 heterocycles. The number of carbonyl (C=O) groups is 2. The summed E-state index contributed by atoms with van der Waals surface area (Å²) in [5.74, 6) is -1.45. The number of carboxylic acids is 1. The molecule has 1 aromatic carbocycles. The average molecular weight is 250 g/mol. The van der Waals surface area contributed by atoms with Crippen molar-refractivity contribution < 1.29 is 19.4 Å². The van der Waals surface area contributed by atoms with Gasteiger partial charge in [-0.2, -0.15) is 0 Å². The lowest BCUT2D eigenvalue weighted by Crippen LogP contribution is -2.27. The lowest BCUT2D eigenvalue weighted by atomic mass is 10.1. The first-order valence-electron chi connectivity index (χ1n) is 5.63. The normalized spacial score (nSPS) is 18.6. The number of nitrogen functional groups attached to an aromatic ring is 1. The van der Waals surface area contributed by atoms with Crippen molar-refractivity contribution in [1.29, 1.82) is 0 Å². The Balaban J connectivity index is 2.17. The summed E-state index contributed by atoms with van der Waals surface area (Å²) >= 11 is 0. The molecule has 0 aromatic heterocycles. The zero-order chi connectivity index (χ0) is 13.1. The Bertz CT molecular complexity index is 481. The molecule has 1 amide bonds. The summed E-state index contributed by atoms with van der Waals surface area (Å²) in [6.07, 6.45) is 0.999. The third-order valence-corrected chi connectivity index (χ3v) is 2.75. The van der Waals surface area contributed by atoms with Gasteiger partial charge in [0.25, 0.3) is 5.91 Å². The SMILES string of the molecule is Nc1ccc(NC(=O)C2CCCO2)c(C(=O)O)c1. The number of carbonyl (C=O) groups excluding carboxylic acids is 1. The van der Waals surface area contributed by atoms with Gasteiger partial charge in [-0.25, -0.2) is 4.79 Å². The van der Waals surface area contributed by atoms with Crippen LogP contribution in [0.15, 0.2) is 18.2 Å². The molecule has 4 N–H and O–H groups in total. The van der Waals surface area contributed by atoms with Crippen molar-refractivity contribution in [2.24, 2.45) is 0 Å². The second-order valence-electron chi connectivity index (χ2n) is 4.10. The number of nitrogens with one attached hydrogen (secondary N) is 1. The van der Waals surface area contributed by atoms with Crippen LogP contribution < -0.4 is 11.1 Å². The molecule has 2 rings (SSSR count). The van der Waals surface area contributed by atoms with Crippen LogP contribution in [0.2, 0.25) is 0 Å². The Hall–Kier alpha value is -2.08. The van der Waals surface area contributed by atoms with Crippen molar-refractivity contribution in [3.05, 3.63) is 23.8 Å². The van der Waals surface area contributed by atoms with E-state index in [9.17, 15) is 9.59 Å². The van der Waals surface area contributed by atoms with Crippen molar-refractivity contribution >= 4 is 23.3 Å². The Morgan fingerprint density at radius 3 is 2.83 bits per heavy atom. The minimum Gasteiger partial charge on any atom is -0.478 e. The van der Waals surface area contributed by atoms with Crippen molar-refractivity contribution in [2.75, 3.05) is 17.7 Å². The van der Waals surface area contributed by atoms with Gasteiger partial charge in [0.1, 0.15) is 6.10 Å². The van der Waals surface area contributed by atoms with E-state index in [-0.39, 0.29) is 17.2 Å². The Labute approximate surface area is 104 Å². The Morgan fingerprint density at radius 1 is 1.44 bits per heavy atom. The number of aromatic carboxylic acids is 1. The van der Waals surface area contributed by atoms with Crippen molar-refractivity contribution in [3.63, 3.8) is 0 Å². The lowest BCUT2D eigenvalue weighted by molar-refractivity contribution is -0.124. The highest BCUT2D eigenvalue weighted by Crippen LogP contribution is 2.21. The molecule has 1 aliphatic heterocycles. The van der Waals surface area contributed by atoms with Crippen molar-refractivity contribution in [1.82, 2.24) is 0 Å². The highest BCUT2D eigenvalue weighted by Gasteiger charge is 2.24. The first-order chi connectivity index (χ1) is 8.58. The maximum Gasteiger partial charge on any atom is 0.337 e. The van der Waals surface area contributed by atoms with Gasteiger partial charge in [-0.05, 0) is 31.0 Å². The van der Waals surface area contributed by atoms with E-state index >= 15 is 0 Å². The molecule has 0 spiro atoms. The number of benzene rings is 1. The molecule has 0 radical (unpaired) electrons. The van der Waals surface area contributed by atoms with Crippen LogP contribution in [0.3, 0.4) is 0 Å². The van der Waals surface area contributed by atoms with E-state index in [1.807, 2.05) is 0 Å². The van der Waals surface area contributed by atoms with E-state index in [2.05, 4.69) is 5.32 Å². The molecular weight excluding hydrogens is 236 g/mol. The molecular formula is C12H14N2O4. The van der Waals surface area contributed by atoms with Crippen LogP contribution in [-0.2, 0) is 9.53 Å². The lowest BCUT2D eigenvalue weighted by Gasteiger charge is -2.12. The van der Waals surface area contributed by atoms with Gasteiger partial charge in [0.05, 0.1) is 11.3 Å². The average Bonchev–Trinajstić information content (AvgIpc) is 2.84. The van der Waals surface area contributed by atoms with Gasteiger partial charge >= 0.3 is 5.97 Å². The minimum atomic E-state index is -1.13. The van der Waals surface area contributed by atoms with Gasteiger partial charge in [0, 0.05) is 12.3 Å². The Kier molecular flexibility index (Phi) is 3.47. The molecule has 1 atom stereocenters. The van der Waals surface area contributed by atoms with Crippen LogP contribution in [0, 0.1) is 0 Å². The van der Waals surface area contributed by atoms with Gasteiger partial charge in [-0.15, -0.1) is 0 Å². The highest BCUT2D eigenvalue weighted by molar-refractivity contribution is 6.02. The maximum atomic E-state index is 11.8. The van der Waals surface area contributed by atoms with E-state index < -0.39 is 12.1 Å². The summed E-state index contributed by atoms with van der Waals surface area (Å²) in [5, 5.41) is 11.6. The zero-order valence-corrected chi connectivity index (χ0v) is 9.68. The van der Waals surface area contributed by atoms with E-state index in [0.29, 0.717) is 18.7 Å². The predicted molar refractivity (Wildman–Crippen MR) is 65.4 cm³/mol. The molecule has 1 unspecified atom stereocenters. The molecule has 1 aliphatic rings. The number of ether oxygens (including phenoxy) is 1. The van der Waals surface area contributed by atoms with Crippen LogP contribution in [0.5, 0.6) is 0 Å². The monoisotopic (exact) mass is 250 g/mol. The standard InChI is InChI=1S/C12H14N2O4/c13-7-3-4-9(8(6-7)12(16)17)14-11(15)10-2-1-5-18-10/h3-4,6,10H,1-2,5,13H2,(H,14,15)(H,16,17). The molecule has 1 aromatic rings. The number of amides is 1.